The zero-order chi connectivity index (χ0) is 8.69. The maximum atomic E-state index is 8.46. The third-order valence-corrected chi connectivity index (χ3v) is 0.668. The highest BCUT2D eigenvalue weighted by Gasteiger charge is 2.06. The van der Waals surface area contributed by atoms with E-state index in [-0.39, 0.29) is 0 Å². The molecule has 2 atom stereocenters. The van der Waals surface area contributed by atoms with Crippen LogP contribution in [-0.4, -0.2) is 46.4 Å². The first-order valence-electron chi connectivity index (χ1n) is 2.76. The Balaban J connectivity index is 3.13. The molecule has 0 radical (unpaired) electrons. The normalized spacial score (nSPS) is 16.4. The Morgan fingerprint density at radius 3 is 2.27 bits per heavy atom. The van der Waals surface area contributed by atoms with Gasteiger partial charge in [-0.3, -0.25) is 0 Å². The van der Waals surface area contributed by atoms with E-state index in [0.717, 1.165) is 0 Å². The molecule has 2 unspecified atom stereocenters. The summed E-state index contributed by atoms with van der Waals surface area (Å²) in [6.07, 6.45) is -3.01. The molecule has 0 amide bonds. The minimum absolute atomic E-state index is 0.479. The molecule has 7 heteroatoms. The highest BCUT2D eigenvalue weighted by Crippen LogP contribution is 1.90. The van der Waals surface area contributed by atoms with Crippen molar-refractivity contribution in [1.82, 2.24) is 0 Å². The van der Waals surface area contributed by atoms with Gasteiger partial charge in [0, 0.05) is 0 Å². The smallest absolute Gasteiger partial charge is 0.215 e. The molecule has 0 aromatic rings. The second-order valence-electron chi connectivity index (χ2n) is 1.58. The molecule has 0 aliphatic heterocycles. The summed E-state index contributed by atoms with van der Waals surface area (Å²) in [5, 5.41) is 32.8. The molecular weight excluding hydrogens is 160 g/mol. The maximum Gasteiger partial charge on any atom is 0.215 e. The molecule has 0 aromatic heterocycles. The third-order valence-electron chi connectivity index (χ3n) is 0.668. The maximum absolute atomic E-state index is 8.46. The molecule has 7 nitrogen and oxygen atoms in total. The molecule has 0 saturated heterocycles. The largest absolute Gasteiger partial charge is 0.391 e. The van der Waals surface area contributed by atoms with E-state index in [2.05, 4.69) is 14.7 Å². The minimum atomic E-state index is -1.54. The fraction of sp³-hybridized carbons (Fsp3) is 1.00. The van der Waals surface area contributed by atoms with Crippen LogP contribution >= 0.6 is 0 Å². The first kappa shape index (κ1) is 10.7. The average molecular weight is 170 g/mol. The van der Waals surface area contributed by atoms with Crippen molar-refractivity contribution in [2.24, 2.45) is 0 Å². The Kier molecular flexibility index (Phi) is 6.27. The fourth-order valence-electron chi connectivity index (χ4n) is 0.237. The third kappa shape index (κ3) is 6.13. The van der Waals surface area contributed by atoms with Crippen molar-refractivity contribution in [3.63, 3.8) is 0 Å². The highest BCUT2D eigenvalue weighted by atomic mass is 17.2. The summed E-state index contributed by atoms with van der Waals surface area (Å²) in [7, 11) is 0. The molecule has 0 aromatic carbocycles. The summed E-state index contributed by atoms with van der Waals surface area (Å²) in [6, 6.07) is 0. The molecule has 0 saturated carbocycles. The monoisotopic (exact) mass is 170 g/mol. The van der Waals surface area contributed by atoms with Crippen LogP contribution in [-0.2, 0) is 14.7 Å². The molecule has 4 N–H and O–H groups in total. The fourth-order valence-corrected chi connectivity index (χ4v) is 0.237. The van der Waals surface area contributed by atoms with Crippen molar-refractivity contribution in [2.45, 2.75) is 12.6 Å². The predicted octanol–water partition coefficient (Wildman–Crippen LogP) is -1.95. The zero-order valence-electron chi connectivity index (χ0n) is 5.58. The standard InChI is InChI=1S/C4H10O7/c5-1-3(6)11-9-2-4(7)10-8/h3-8H,1-2H2. The van der Waals surface area contributed by atoms with Crippen LogP contribution < -0.4 is 0 Å². The number of aliphatic hydroxyl groups is 3. The van der Waals surface area contributed by atoms with Crippen molar-refractivity contribution in [1.29, 1.82) is 0 Å². The summed E-state index contributed by atoms with van der Waals surface area (Å²) in [5.74, 6) is 0. The number of rotatable bonds is 6. The van der Waals surface area contributed by atoms with Gasteiger partial charge in [-0.1, -0.05) is 0 Å². The average Bonchev–Trinajstić information content (AvgIpc) is 2.04. The van der Waals surface area contributed by atoms with Gasteiger partial charge >= 0.3 is 0 Å². The molecule has 11 heavy (non-hydrogen) atoms. The molecule has 0 bridgehead atoms. The Hall–Kier alpha value is -0.280. The van der Waals surface area contributed by atoms with Gasteiger partial charge in [0.15, 0.2) is 0 Å². The Bertz CT molecular complexity index is 76.5. The molecule has 0 aliphatic carbocycles. The van der Waals surface area contributed by atoms with E-state index in [4.69, 9.17) is 20.6 Å². The van der Waals surface area contributed by atoms with Gasteiger partial charge in [0.05, 0.1) is 6.61 Å². The van der Waals surface area contributed by atoms with Gasteiger partial charge in [-0.25, -0.2) is 19.9 Å². The van der Waals surface area contributed by atoms with Gasteiger partial charge in [0.25, 0.3) is 0 Å². The zero-order valence-corrected chi connectivity index (χ0v) is 5.58. The van der Waals surface area contributed by atoms with Crippen LogP contribution in [0, 0.1) is 0 Å². The Labute approximate surface area is 62.2 Å². The highest BCUT2D eigenvalue weighted by molar-refractivity contribution is 4.29. The van der Waals surface area contributed by atoms with E-state index in [1.165, 1.54) is 0 Å². The molecule has 0 fully saturated rings. The lowest BCUT2D eigenvalue weighted by Gasteiger charge is -2.09. The van der Waals surface area contributed by atoms with Gasteiger partial charge in [-0.2, -0.15) is 0 Å². The summed E-state index contributed by atoms with van der Waals surface area (Å²) < 4.78 is 0. The molecule has 0 heterocycles. The van der Waals surface area contributed by atoms with Gasteiger partial charge < -0.3 is 15.3 Å². The van der Waals surface area contributed by atoms with Crippen molar-refractivity contribution in [2.75, 3.05) is 13.2 Å². The number of hydrogen-bond acceptors (Lipinski definition) is 7. The van der Waals surface area contributed by atoms with Crippen molar-refractivity contribution >= 4 is 0 Å². The summed E-state index contributed by atoms with van der Waals surface area (Å²) >= 11 is 0. The van der Waals surface area contributed by atoms with Crippen LogP contribution in [0.25, 0.3) is 0 Å². The van der Waals surface area contributed by atoms with Crippen LogP contribution in [0.2, 0.25) is 0 Å². The molecule has 0 aliphatic rings. The molecule has 0 spiro atoms. The quantitative estimate of drug-likeness (QED) is 0.208. The summed E-state index contributed by atoms with van der Waals surface area (Å²) in [6.45, 7) is -1.11. The van der Waals surface area contributed by atoms with Crippen LogP contribution in [0.5, 0.6) is 0 Å². The van der Waals surface area contributed by atoms with Crippen LogP contribution in [0.15, 0.2) is 0 Å². The van der Waals surface area contributed by atoms with Crippen molar-refractivity contribution in [3.8, 4) is 0 Å². The Morgan fingerprint density at radius 2 is 1.82 bits per heavy atom. The lowest BCUT2D eigenvalue weighted by Crippen LogP contribution is -2.22. The van der Waals surface area contributed by atoms with E-state index < -0.39 is 25.8 Å². The van der Waals surface area contributed by atoms with Gasteiger partial charge in [-0.15, -0.1) is 0 Å². The minimum Gasteiger partial charge on any atom is -0.391 e. The number of aliphatic hydroxyl groups excluding tert-OH is 3. The SMILES string of the molecule is OCC(O)OOCC(O)OO. The van der Waals surface area contributed by atoms with E-state index >= 15 is 0 Å². The van der Waals surface area contributed by atoms with Crippen molar-refractivity contribution in [3.05, 3.63) is 0 Å². The summed E-state index contributed by atoms with van der Waals surface area (Å²) in [4.78, 5) is 11.5. The van der Waals surface area contributed by atoms with Crippen LogP contribution in [0.4, 0.5) is 0 Å². The van der Waals surface area contributed by atoms with E-state index in [0.29, 0.717) is 0 Å². The van der Waals surface area contributed by atoms with E-state index in [9.17, 15) is 0 Å². The predicted molar refractivity (Wildman–Crippen MR) is 29.9 cm³/mol. The molecule has 68 valence electrons. The van der Waals surface area contributed by atoms with Crippen LogP contribution in [0.3, 0.4) is 0 Å². The summed E-state index contributed by atoms with van der Waals surface area (Å²) in [5.41, 5.74) is 0. The second-order valence-corrected chi connectivity index (χ2v) is 1.58. The number of hydrogen-bond donors (Lipinski definition) is 4. The molecule has 0 rings (SSSR count). The van der Waals surface area contributed by atoms with Crippen LogP contribution in [0.1, 0.15) is 0 Å². The first-order valence-corrected chi connectivity index (χ1v) is 2.76. The van der Waals surface area contributed by atoms with Gasteiger partial charge in [0.1, 0.15) is 6.61 Å². The topological polar surface area (TPSA) is 109 Å². The first-order chi connectivity index (χ1) is 5.20. The van der Waals surface area contributed by atoms with Gasteiger partial charge in [0.2, 0.25) is 12.6 Å². The molecular formula is C4H10O7. The lowest BCUT2D eigenvalue weighted by molar-refractivity contribution is -0.417. The van der Waals surface area contributed by atoms with E-state index in [1.54, 1.807) is 0 Å². The van der Waals surface area contributed by atoms with Crippen molar-refractivity contribution < 1.29 is 35.2 Å². The lowest BCUT2D eigenvalue weighted by atomic mass is 10.7. The Morgan fingerprint density at radius 1 is 1.18 bits per heavy atom. The second kappa shape index (κ2) is 6.43. The van der Waals surface area contributed by atoms with Gasteiger partial charge in [-0.05, 0) is 0 Å². The van der Waals surface area contributed by atoms with E-state index in [1.807, 2.05) is 0 Å².